The Morgan fingerprint density at radius 3 is 2.36 bits per heavy atom. The van der Waals surface area contributed by atoms with Crippen LogP contribution < -0.4 is 14.4 Å². The zero-order chi connectivity index (χ0) is 21.1. The minimum atomic E-state index is -3.83. The Kier molecular flexibility index (Phi) is 7.20. The molecule has 0 saturated heterocycles. The van der Waals surface area contributed by atoms with Crippen molar-refractivity contribution in [1.82, 2.24) is 0 Å². The van der Waals surface area contributed by atoms with Gasteiger partial charge in [-0.2, -0.15) is 0 Å². The maximum atomic E-state index is 13.0. The van der Waals surface area contributed by atoms with Crippen molar-refractivity contribution in [3.63, 3.8) is 0 Å². The lowest BCUT2D eigenvalue weighted by Gasteiger charge is -2.31. The molecule has 6 nitrogen and oxygen atoms in total. The second-order valence-electron chi connectivity index (χ2n) is 6.25. The van der Waals surface area contributed by atoms with Crippen LogP contribution in [0.3, 0.4) is 0 Å². The second kappa shape index (κ2) is 9.03. The number of amides is 1. The Balaban J connectivity index is 2.51. The first kappa shape index (κ1) is 22.3. The van der Waals surface area contributed by atoms with Crippen molar-refractivity contribution < 1.29 is 17.9 Å². The molecular formula is C19H22Cl2N2O4S. The van der Waals surface area contributed by atoms with Crippen LogP contribution in [0.2, 0.25) is 10.0 Å². The minimum Gasteiger partial charge on any atom is -0.495 e. The highest BCUT2D eigenvalue weighted by Crippen LogP contribution is 2.35. The van der Waals surface area contributed by atoms with Crippen LogP contribution in [0.25, 0.3) is 0 Å². The Bertz CT molecular complexity index is 980. The number of carbonyl (C=O) groups is 1. The topological polar surface area (TPSA) is 75.7 Å². The van der Waals surface area contributed by atoms with Gasteiger partial charge in [0.05, 0.1) is 19.1 Å². The van der Waals surface area contributed by atoms with Gasteiger partial charge in [-0.15, -0.1) is 0 Å². The number of carbonyl (C=O) groups excluding carboxylic acids is 1. The first-order chi connectivity index (χ1) is 13.1. The summed E-state index contributed by atoms with van der Waals surface area (Å²) in [5.41, 5.74) is 1.52. The molecule has 1 atom stereocenters. The average molecular weight is 445 g/mol. The molecule has 2 aromatic rings. The van der Waals surface area contributed by atoms with E-state index in [1.807, 2.05) is 6.92 Å². The molecular weight excluding hydrogens is 423 g/mol. The highest BCUT2D eigenvalue weighted by molar-refractivity contribution is 7.92. The summed E-state index contributed by atoms with van der Waals surface area (Å²) in [6, 6.07) is 8.69. The number of anilines is 2. The quantitative estimate of drug-likeness (QED) is 0.681. The molecule has 0 aliphatic heterocycles. The zero-order valence-electron chi connectivity index (χ0n) is 16.0. The molecule has 152 valence electrons. The maximum absolute atomic E-state index is 13.0. The van der Waals surface area contributed by atoms with Gasteiger partial charge in [-0.25, -0.2) is 8.42 Å². The van der Waals surface area contributed by atoms with Gasteiger partial charge in [-0.3, -0.25) is 9.10 Å². The Morgan fingerprint density at radius 2 is 1.79 bits per heavy atom. The number of sulfonamides is 1. The fraction of sp³-hybridized carbons (Fsp3) is 0.316. The van der Waals surface area contributed by atoms with Gasteiger partial charge in [-0.05, 0) is 49.2 Å². The molecule has 0 fully saturated rings. The van der Waals surface area contributed by atoms with Crippen molar-refractivity contribution in [1.29, 1.82) is 0 Å². The Labute approximate surface area is 175 Å². The summed E-state index contributed by atoms with van der Waals surface area (Å²) < 4.78 is 31.6. The minimum absolute atomic E-state index is 0.197. The largest absolute Gasteiger partial charge is 0.495 e. The third-order valence-corrected chi connectivity index (χ3v) is 5.80. The van der Waals surface area contributed by atoms with E-state index in [-0.39, 0.29) is 12.1 Å². The predicted octanol–water partition coefficient (Wildman–Crippen LogP) is 4.49. The van der Waals surface area contributed by atoms with Crippen LogP contribution in [0.5, 0.6) is 5.75 Å². The fourth-order valence-corrected chi connectivity index (χ4v) is 4.36. The van der Waals surface area contributed by atoms with Gasteiger partial charge in [0, 0.05) is 15.7 Å². The van der Waals surface area contributed by atoms with Crippen LogP contribution in [-0.4, -0.2) is 33.7 Å². The van der Waals surface area contributed by atoms with E-state index in [1.54, 1.807) is 37.3 Å². The van der Waals surface area contributed by atoms with Gasteiger partial charge in [0.2, 0.25) is 15.9 Å². The molecule has 0 spiro atoms. The molecule has 28 heavy (non-hydrogen) atoms. The van der Waals surface area contributed by atoms with Crippen LogP contribution in [0, 0.1) is 6.92 Å². The number of benzene rings is 2. The number of ether oxygens (including phenoxy) is 1. The summed E-state index contributed by atoms with van der Waals surface area (Å²) >= 11 is 12.1. The lowest BCUT2D eigenvalue weighted by atomic mass is 10.1. The van der Waals surface area contributed by atoms with Gasteiger partial charge < -0.3 is 10.1 Å². The molecule has 2 aromatic carbocycles. The van der Waals surface area contributed by atoms with Crippen LogP contribution in [0.1, 0.15) is 18.9 Å². The predicted molar refractivity (Wildman–Crippen MR) is 114 cm³/mol. The van der Waals surface area contributed by atoms with E-state index in [0.29, 0.717) is 21.5 Å². The lowest BCUT2D eigenvalue weighted by Crippen LogP contribution is -2.47. The van der Waals surface area contributed by atoms with Gasteiger partial charge in [0.25, 0.3) is 0 Å². The molecule has 0 heterocycles. The summed E-state index contributed by atoms with van der Waals surface area (Å²) in [6.45, 7) is 3.55. The first-order valence-electron chi connectivity index (χ1n) is 8.48. The van der Waals surface area contributed by atoms with E-state index < -0.39 is 22.0 Å². The molecule has 1 N–H and O–H groups in total. The number of nitrogens with zero attached hydrogens (tertiary/aromatic N) is 1. The van der Waals surface area contributed by atoms with E-state index >= 15 is 0 Å². The van der Waals surface area contributed by atoms with Crippen molar-refractivity contribution in [3.05, 3.63) is 52.0 Å². The average Bonchev–Trinajstić information content (AvgIpc) is 2.61. The molecule has 0 bridgehead atoms. The molecule has 0 saturated carbocycles. The normalized spacial score (nSPS) is 12.4. The number of halogens is 2. The Morgan fingerprint density at radius 1 is 1.18 bits per heavy atom. The number of methoxy groups -OCH3 is 1. The van der Waals surface area contributed by atoms with E-state index in [0.717, 1.165) is 16.1 Å². The summed E-state index contributed by atoms with van der Waals surface area (Å²) in [5.74, 6) is -0.194. The Hall–Kier alpha value is -1.96. The monoisotopic (exact) mass is 444 g/mol. The molecule has 2 rings (SSSR count). The van der Waals surface area contributed by atoms with Crippen LogP contribution in [0.15, 0.2) is 36.4 Å². The third kappa shape index (κ3) is 5.10. The summed E-state index contributed by atoms with van der Waals surface area (Å²) in [4.78, 5) is 13.0. The van der Waals surface area contributed by atoms with Crippen molar-refractivity contribution in [2.75, 3.05) is 23.0 Å². The van der Waals surface area contributed by atoms with Crippen LogP contribution in [0.4, 0.5) is 11.4 Å². The van der Waals surface area contributed by atoms with E-state index in [4.69, 9.17) is 27.9 Å². The summed E-state index contributed by atoms with van der Waals surface area (Å²) in [5, 5.41) is 3.56. The van der Waals surface area contributed by atoms with Gasteiger partial charge in [0.15, 0.2) is 0 Å². The van der Waals surface area contributed by atoms with E-state index in [1.165, 1.54) is 13.2 Å². The summed E-state index contributed by atoms with van der Waals surface area (Å²) in [6.07, 6.45) is 1.27. The number of rotatable bonds is 7. The highest BCUT2D eigenvalue weighted by Gasteiger charge is 2.33. The van der Waals surface area contributed by atoms with E-state index in [2.05, 4.69) is 5.32 Å². The second-order valence-corrected chi connectivity index (χ2v) is 8.98. The smallest absolute Gasteiger partial charge is 0.248 e. The van der Waals surface area contributed by atoms with Crippen molar-refractivity contribution in [2.45, 2.75) is 26.3 Å². The van der Waals surface area contributed by atoms with Gasteiger partial charge in [-0.1, -0.05) is 36.2 Å². The van der Waals surface area contributed by atoms with E-state index in [9.17, 15) is 13.2 Å². The molecule has 0 aliphatic rings. The van der Waals surface area contributed by atoms with Crippen molar-refractivity contribution in [3.8, 4) is 5.75 Å². The van der Waals surface area contributed by atoms with Crippen molar-refractivity contribution >= 4 is 50.5 Å². The van der Waals surface area contributed by atoms with Gasteiger partial charge >= 0.3 is 0 Å². The molecule has 0 aromatic heterocycles. The number of hydrogen-bond acceptors (Lipinski definition) is 4. The van der Waals surface area contributed by atoms with Crippen LogP contribution in [-0.2, 0) is 14.8 Å². The molecule has 1 amide bonds. The summed E-state index contributed by atoms with van der Waals surface area (Å²) in [7, 11) is -2.41. The maximum Gasteiger partial charge on any atom is 0.248 e. The molecule has 0 radical (unpaired) electrons. The highest BCUT2D eigenvalue weighted by atomic mass is 35.5. The third-order valence-electron chi connectivity index (χ3n) is 4.17. The standard InChI is InChI=1S/C19H22Cl2N2O4S/c1-5-16(19(24)22-15-10-13(20)7-6-12(15)2)23(28(4,25)26)17-11-14(21)8-9-18(17)27-3/h6-11,16H,5H2,1-4H3,(H,22,24). The number of hydrogen-bond donors (Lipinski definition) is 1. The SMILES string of the molecule is CCC(C(=O)Nc1cc(Cl)ccc1C)N(c1cc(Cl)ccc1OC)S(C)(=O)=O. The molecule has 1 unspecified atom stereocenters. The molecule has 9 heteroatoms. The number of nitrogens with one attached hydrogen (secondary N) is 1. The van der Waals surface area contributed by atoms with Crippen molar-refractivity contribution in [2.24, 2.45) is 0 Å². The van der Waals surface area contributed by atoms with Gasteiger partial charge in [0.1, 0.15) is 11.8 Å². The van der Waals surface area contributed by atoms with Crippen LogP contribution >= 0.6 is 23.2 Å². The number of aryl methyl sites for hydroxylation is 1. The lowest BCUT2D eigenvalue weighted by molar-refractivity contribution is -0.117. The first-order valence-corrected chi connectivity index (χ1v) is 11.1. The fourth-order valence-electron chi connectivity index (χ4n) is 2.82. The molecule has 0 aliphatic carbocycles. The zero-order valence-corrected chi connectivity index (χ0v) is 18.3.